The molecule has 0 fully saturated rings. The van der Waals surface area contributed by atoms with Crippen LogP contribution in [-0.4, -0.2) is 17.5 Å². The molecular weight excluding hydrogens is 336 g/mol. The van der Waals surface area contributed by atoms with Gasteiger partial charge in [0.1, 0.15) is 5.75 Å². The molecule has 0 atom stereocenters. The van der Waals surface area contributed by atoms with Crippen molar-refractivity contribution in [2.75, 3.05) is 6.61 Å². The van der Waals surface area contributed by atoms with E-state index in [2.05, 4.69) is 10.3 Å². The van der Waals surface area contributed by atoms with Crippen LogP contribution in [0.5, 0.6) is 5.75 Å². The molecular formula is C20H17ClN2O2. The van der Waals surface area contributed by atoms with Crippen molar-refractivity contribution in [2.24, 2.45) is 0 Å². The molecule has 1 aromatic heterocycles. The summed E-state index contributed by atoms with van der Waals surface area (Å²) in [5.41, 5.74) is 3.00. The monoisotopic (exact) mass is 352 g/mol. The Morgan fingerprint density at radius 3 is 2.60 bits per heavy atom. The fraction of sp³-hybridized carbons (Fsp3) is 0.100. The summed E-state index contributed by atoms with van der Waals surface area (Å²) in [6.07, 6.45) is 3.40. The Hall–Kier alpha value is -2.85. The number of carbonyl (C=O) groups is 1. The average Bonchev–Trinajstić information content (AvgIpc) is 2.67. The highest BCUT2D eigenvalue weighted by Gasteiger charge is 2.08. The Morgan fingerprint density at radius 2 is 1.88 bits per heavy atom. The number of hydrogen-bond donors (Lipinski definition) is 1. The molecule has 1 heterocycles. The number of carbonyl (C=O) groups excluding carboxylic acids is 1. The second-order valence-electron chi connectivity index (χ2n) is 5.44. The summed E-state index contributed by atoms with van der Waals surface area (Å²) in [7, 11) is 0. The molecule has 4 nitrogen and oxygen atoms in total. The van der Waals surface area contributed by atoms with Crippen LogP contribution in [-0.2, 0) is 11.3 Å². The molecule has 0 aliphatic heterocycles. The molecule has 0 saturated carbocycles. The van der Waals surface area contributed by atoms with Gasteiger partial charge in [-0.05, 0) is 34.9 Å². The third-order valence-corrected chi connectivity index (χ3v) is 3.91. The molecule has 1 N–H and O–H groups in total. The average molecular weight is 353 g/mol. The number of ether oxygens (including phenoxy) is 1. The molecule has 0 radical (unpaired) electrons. The van der Waals surface area contributed by atoms with E-state index in [9.17, 15) is 4.79 Å². The molecule has 0 saturated heterocycles. The van der Waals surface area contributed by atoms with Crippen molar-refractivity contribution < 1.29 is 9.53 Å². The van der Waals surface area contributed by atoms with Crippen LogP contribution < -0.4 is 10.1 Å². The first-order valence-electron chi connectivity index (χ1n) is 7.86. The Bertz CT molecular complexity index is 839. The van der Waals surface area contributed by atoms with E-state index in [0.29, 0.717) is 17.3 Å². The van der Waals surface area contributed by atoms with E-state index in [1.54, 1.807) is 18.5 Å². The lowest BCUT2D eigenvalue weighted by Gasteiger charge is -2.10. The molecule has 0 unspecified atom stereocenters. The highest BCUT2D eigenvalue weighted by molar-refractivity contribution is 6.32. The Balaban J connectivity index is 1.55. The molecule has 0 aliphatic rings. The molecule has 1 amide bonds. The zero-order chi connectivity index (χ0) is 17.5. The van der Waals surface area contributed by atoms with Crippen LogP contribution in [0.2, 0.25) is 5.02 Å². The van der Waals surface area contributed by atoms with E-state index in [-0.39, 0.29) is 12.5 Å². The maximum Gasteiger partial charge on any atom is 0.258 e. The third kappa shape index (κ3) is 4.81. The summed E-state index contributed by atoms with van der Waals surface area (Å²) in [5.74, 6) is 0.268. The van der Waals surface area contributed by atoms with Crippen LogP contribution in [0.4, 0.5) is 0 Å². The zero-order valence-corrected chi connectivity index (χ0v) is 14.2. The van der Waals surface area contributed by atoms with Gasteiger partial charge in [0, 0.05) is 18.9 Å². The lowest BCUT2D eigenvalue weighted by Crippen LogP contribution is -2.28. The van der Waals surface area contributed by atoms with Gasteiger partial charge >= 0.3 is 0 Å². The van der Waals surface area contributed by atoms with E-state index >= 15 is 0 Å². The first-order valence-corrected chi connectivity index (χ1v) is 8.23. The fourth-order valence-corrected chi connectivity index (χ4v) is 2.56. The van der Waals surface area contributed by atoms with Crippen molar-refractivity contribution in [3.8, 4) is 16.9 Å². The number of amides is 1. The van der Waals surface area contributed by atoms with Crippen LogP contribution >= 0.6 is 11.6 Å². The van der Waals surface area contributed by atoms with Gasteiger partial charge in [0.05, 0.1) is 5.02 Å². The van der Waals surface area contributed by atoms with Crippen molar-refractivity contribution in [3.05, 3.63) is 83.6 Å². The standard InChI is InChI=1S/C20H17ClN2O2/c21-18-11-17(16-6-2-1-3-7-16)8-9-19(18)25-14-20(24)23-13-15-5-4-10-22-12-15/h1-12H,13-14H2,(H,23,24). The van der Waals surface area contributed by atoms with Crippen molar-refractivity contribution in [1.29, 1.82) is 0 Å². The molecule has 0 aliphatic carbocycles. The summed E-state index contributed by atoms with van der Waals surface area (Å²) in [6.45, 7) is 0.321. The largest absolute Gasteiger partial charge is 0.482 e. The van der Waals surface area contributed by atoms with Gasteiger partial charge in [-0.25, -0.2) is 0 Å². The Morgan fingerprint density at radius 1 is 1.04 bits per heavy atom. The van der Waals surface area contributed by atoms with Gasteiger partial charge in [0.2, 0.25) is 0 Å². The van der Waals surface area contributed by atoms with E-state index < -0.39 is 0 Å². The number of pyridine rings is 1. The van der Waals surface area contributed by atoms with Crippen LogP contribution in [0.1, 0.15) is 5.56 Å². The third-order valence-electron chi connectivity index (χ3n) is 3.61. The second-order valence-corrected chi connectivity index (χ2v) is 5.85. The van der Waals surface area contributed by atoms with Crippen LogP contribution in [0.3, 0.4) is 0 Å². The van der Waals surface area contributed by atoms with Crippen molar-refractivity contribution in [1.82, 2.24) is 10.3 Å². The van der Waals surface area contributed by atoms with Gasteiger partial charge in [0.15, 0.2) is 6.61 Å². The highest BCUT2D eigenvalue weighted by atomic mass is 35.5. The predicted octanol–water partition coefficient (Wildman–Crippen LogP) is 4.10. The molecule has 0 bridgehead atoms. The van der Waals surface area contributed by atoms with E-state index in [4.69, 9.17) is 16.3 Å². The van der Waals surface area contributed by atoms with Gasteiger partial charge in [-0.2, -0.15) is 0 Å². The van der Waals surface area contributed by atoms with Gasteiger partial charge in [-0.15, -0.1) is 0 Å². The first-order chi connectivity index (χ1) is 12.2. The minimum atomic E-state index is -0.216. The number of rotatable bonds is 6. The van der Waals surface area contributed by atoms with Crippen molar-refractivity contribution in [3.63, 3.8) is 0 Å². The normalized spacial score (nSPS) is 10.3. The SMILES string of the molecule is O=C(COc1ccc(-c2ccccc2)cc1Cl)NCc1cccnc1. The first kappa shape index (κ1) is 17.0. The van der Waals surface area contributed by atoms with Gasteiger partial charge in [-0.1, -0.05) is 54.1 Å². The van der Waals surface area contributed by atoms with E-state index in [1.807, 2.05) is 54.6 Å². The van der Waals surface area contributed by atoms with Crippen LogP contribution in [0, 0.1) is 0 Å². The maximum atomic E-state index is 11.9. The number of halogens is 1. The Labute approximate surface area is 151 Å². The summed E-state index contributed by atoms with van der Waals surface area (Å²) >= 11 is 6.27. The van der Waals surface area contributed by atoms with Gasteiger partial charge in [-0.3, -0.25) is 9.78 Å². The molecule has 3 aromatic rings. The van der Waals surface area contributed by atoms with Crippen molar-refractivity contribution in [2.45, 2.75) is 6.54 Å². The van der Waals surface area contributed by atoms with Crippen molar-refractivity contribution >= 4 is 17.5 Å². The number of hydrogen-bond acceptors (Lipinski definition) is 3. The number of benzene rings is 2. The smallest absolute Gasteiger partial charge is 0.258 e. The lowest BCUT2D eigenvalue weighted by atomic mass is 10.1. The van der Waals surface area contributed by atoms with Crippen LogP contribution in [0.25, 0.3) is 11.1 Å². The highest BCUT2D eigenvalue weighted by Crippen LogP contribution is 2.30. The van der Waals surface area contributed by atoms with E-state index in [0.717, 1.165) is 16.7 Å². The van der Waals surface area contributed by atoms with Gasteiger partial charge < -0.3 is 10.1 Å². The fourth-order valence-electron chi connectivity index (χ4n) is 2.33. The summed E-state index contributed by atoms with van der Waals surface area (Å²) < 4.78 is 5.52. The number of nitrogens with one attached hydrogen (secondary N) is 1. The molecule has 3 rings (SSSR count). The Kier molecular flexibility index (Phi) is 5.65. The minimum absolute atomic E-state index is 0.0926. The molecule has 2 aromatic carbocycles. The summed E-state index contributed by atoms with van der Waals surface area (Å²) in [6, 6.07) is 19.2. The van der Waals surface area contributed by atoms with Gasteiger partial charge in [0.25, 0.3) is 5.91 Å². The maximum absolute atomic E-state index is 11.9. The predicted molar refractivity (Wildman–Crippen MR) is 98.5 cm³/mol. The number of nitrogens with zero attached hydrogens (tertiary/aromatic N) is 1. The summed E-state index contributed by atoms with van der Waals surface area (Å²) in [4.78, 5) is 15.9. The minimum Gasteiger partial charge on any atom is -0.482 e. The lowest BCUT2D eigenvalue weighted by molar-refractivity contribution is -0.123. The number of aromatic nitrogens is 1. The second kappa shape index (κ2) is 8.31. The quantitative estimate of drug-likeness (QED) is 0.726. The molecule has 5 heteroatoms. The molecule has 0 spiro atoms. The zero-order valence-electron chi connectivity index (χ0n) is 13.5. The molecule has 25 heavy (non-hydrogen) atoms. The topological polar surface area (TPSA) is 51.2 Å². The van der Waals surface area contributed by atoms with E-state index in [1.165, 1.54) is 0 Å². The van der Waals surface area contributed by atoms with Crippen LogP contribution in [0.15, 0.2) is 73.1 Å². The molecule has 126 valence electrons. The summed E-state index contributed by atoms with van der Waals surface area (Å²) in [5, 5.41) is 3.25.